The lowest BCUT2D eigenvalue weighted by Gasteiger charge is -2.53. The number of nitrogens with zero attached hydrogens (tertiary/aromatic N) is 2. The Kier molecular flexibility index (Phi) is 5.18. The van der Waals surface area contributed by atoms with Gasteiger partial charge in [-0.15, -0.1) is 0 Å². The molecule has 2 heterocycles. The molecule has 0 aromatic heterocycles. The summed E-state index contributed by atoms with van der Waals surface area (Å²) in [4.78, 5) is 2.86. The van der Waals surface area contributed by atoms with Crippen molar-refractivity contribution < 1.29 is 13.2 Å². The molecule has 2 saturated heterocycles. The van der Waals surface area contributed by atoms with Crippen molar-refractivity contribution >= 4 is 10.0 Å². The first kappa shape index (κ1) is 17.7. The van der Waals surface area contributed by atoms with E-state index < -0.39 is 10.0 Å². The van der Waals surface area contributed by atoms with Gasteiger partial charge in [-0.1, -0.05) is 19.9 Å². The number of hydrogen-bond donors (Lipinski definition) is 0. The Balaban J connectivity index is 1.64. The first-order valence-corrected chi connectivity index (χ1v) is 10.2. The van der Waals surface area contributed by atoms with Crippen LogP contribution < -0.4 is 4.74 Å². The van der Waals surface area contributed by atoms with Gasteiger partial charge in [0.2, 0.25) is 10.0 Å². The van der Waals surface area contributed by atoms with Crippen LogP contribution in [-0.4, -0.2) is 57.0 Å². The second-order valence-corrected chi connectivity index (χ2v) is 9.27. The van der Waals surface area contributed by atoms with Crippen molar-refractivity contribution in [2.24, 2.45) is 11.8 Å². The van der Waals surface area contributed by atoms with E-state index in [-0.39, 0.29) is 0 Å². The molecule has 0 radical (unpaired) electrons. The predicted molar refractivity (Wildman–Crippen MR) is 94.7 cm³/mol. The summed E-state index contributed by atoms with van der Waals surface area (Å²) in [5.74, 6) is 1.78. The van der Waals surface area contributed by atoms with Gasteiger partial charge in [-0.25, -0.2) is 8.42 Å². The third-order valence-electron chi connectivity index (χ3n) is 5.27. The molecular weight excluding hydrogens is 324 g/mol. The van der Waals surface area contributed by atoms with Crippen LogP contribution in [0.25, 0.3) is 0 Å². The minimum atomic E-state index is -3.43. The summed E-state index contributed by atoms with van der Waals surface area (Å²) >= 11 is 0. The summed E-state index contributed by atoms with van der Waals surface area (Å²) in [5.41, 5.74) is 0. The van der Waals surface area contributed by atoms with Gasteiger partial charge in [-0.2, -0.15) is 4.31 Å². The van der Waals surface area contributed by atoms with Crippen molar-refractivity contribution in [3.05, 3.63) is 24.3 Å². The van der Waals surface area contributed by atoms with E-state index in [1.165, 1.54) is 6.42 Å². The summed E-state index contributed by atoms with van der Waals surface area (Å²) < 4.78 is 32.6. The van der Waals surface area contributed by atoms with Crippen molar-refractivity contribution in [3.63, 3.8) is 0 Å². The average molecular weight is 353 g/mol. The van der Waals surface area contributed by atoms with Crippen LogP contribution in [0.15, 0.2) is 29.2 Å². The summed E-state index contributed by atoms with van der Waals surface area (Å²) in [7, 11) is -1.87. The van der Waals surface area contributed by atoms with Gasteiger partial charge in [-0.3, -0.25) is 4.90 Å². The van der Waals surface area contributed by atoms with Crippen molar-refractivity contribution in [1.82, 2.24) is 9.21 Å². The van der Waals surface area contributed by atoms with Crippen molar-refractivity contribution in [2.75, 3.05) is 33.3 Å². The maximum Gasteiger partial charge on any atom is 0.243 e. The lowest BCUT2D eigenvalue weighted by Crippen LogP contribution is -2.64. The number of sulfonamides is 1. The van der Waals surface area contributed by atoms with Gasteiger partial charge in [-0.05, 0) is 37.4 Å². The third kappa shape index (κ3) is 3.46. The highest BCUT2D eigenvalue weighted by molar-refractivity contribution is 7.89. The fraction of sp³-hybridized carbons (Fsp3) is 0.667. The molecule has 1 aromatic rings. The Hall–Kier alpha value is -1.11. The first-order valence-electron chi connectivity index (χ1n) is 8.80. The standard InChI is InChI=1S/C18H28N2O3S/c1-14(2)7-9-19-12-15-13-20(10-8-18(15)19)24(21,22)17-6-4-5-16(11-17)23-3/h4-6,11,14-15,18H,7-10,12-13H2,1-3H3/t15-,18-/m0/s1. The van der Waals surface area contributed by atoms with Crippen molar-refractivity contribution in [1.29, 1.82) is 0 Å². The minimum Gasteiger partial charge on any atom is -0.497 e. The molecule has 0 aliphatic carbocycles. The van der Waals surface area contributed by atoms with Gasteiger partial charge >= 0.3 is 0 Å². The first-order chi connectivity index (χ1) is 11.4. The molecule has 2 aliphatic rings. The zero-order chi connectivity index (χ0) is 17.3. The van der Waals surface area contributed by atoms with E-state index in [1.807, 2.05) is 0 Å². The highest BCUT2D eigenvalue weighted by Crippen LogP contribution is 2.35. The molecule has 1 aromatic carbocycles. The largest absolute Gasteiger partial charge is 0.497 e. The van der Waals surface area contributed by atoms with Crippen LogP contribution in [0.3, 0.4) is 0 Å². The highest BCUT2D eigenvalue weighted by Gasteiger charge is 2.44. The summed E-state index contributed by atoms with van der Waals surface area (Å²) in [5, 5.41) is 0. The summed E-state index contributed by atoms with van der Waals surface area (Å²) in [6.07, 6.45) is 2.15. The SMILES string of the molecule is COc1cccc(S(=O)(=O)N2CC[C@H]3[C@@H](CN3CCC(C)C)C2)c1. The van der Waals surface area contributed by atoms with Gasteiger partial charge in [0, 0.05) is 37.7 Å². The number of benzene rings is 1. The number of piperidine rings is 1. The normalized spacial score (nSPS) is 25.3. The van der Waals surface area contributed by atoms with Crippen LogP contribution in [0.4, 0.5) is 0 Å². The number of ether oxygens (including phenoxy) is 1. The van der Waals surface area contributed by atoms with Crippen LogP contribution >= 0.6 is 0 Å². The Morgan fingerprint density at radius 3 is 2.75 bits per heavy atom. The summed E-state index contributed by atoms with van der Waals surface area (Å²) in [6, 6.07) is 7.33. The Morgan fingerprint density at radius 2 is 2.08 bits per heavy atom. The van der Waals surface area contributed by atoms with E-state index in [0.29, 0.717) is 35.7 Å². The van der Waals surface area contributed by atoms with E-state index in [4.69, 9.17) is 4.74 Å². The number of fused-ring (bicyclic) bond motifs is 1. The molecule has 134 valence electrons. The number of methoxy groups -OCH3 is 1. The number of likely N-dealkylation sites (tertiary alicyclic amines) is 1. The van der Waals surface area contributed by atoms with Gasteiger partial charge in [0.25, 0.3) is 0 Å². The van der Waals surface area contributed by atoms with Crippen LogP contribution in [0, 0.1) is 11.8 Å². The van der Waals surface area contributed by atoms with Gasteiger partial charge in [0.15, 0.2) is 0 Å². The monoisotopic (exact) mass is 352 g/mol. The summed E-state index contributed by atoms with van der Waals surface area (Å²) in [6.45, 7) is 7.92. The van der Waals surface area contributed by atoms with Gasteiger partial charge in [0.05, 0.1) is 12.0 Å². The highest BCUT2D eigenvalue weighted by atomic mass is 32.2. The lowest BCUT2D eigenvalue weighted by atomic mass is 9.83. The minimum absolute atomic E-state index is 0.330. The number of rotatable bonds is 6. The van der Waals surface area contributed by atoms with E-state index in [9.17, 15) is 8.42 Å². The van der Waals surface area contributed by atoms with Crippen LogP contribution in [0.2, 0.25) is 0 Å². The van der Waals surface area contributed by atoms with E-state index >= 15 is 0 Å². The predicted octanol–water partition coefficient (Wildman–Crippen LogP) is 2.44. The lowest BCUT2D eigenvalue weighted by molar-refractivity contribution is -0.0266. The molecular formula is C18H28N2O3S. The van der Waals surface area contributed by atoms with Gasteiger partial charge < -0.3 is 4.74 Å². The number of hydrogen-bond acceptors (Lipinski definition) is 4. The average Bonchev–Trinajstić information content (AvgIpc) is 2.55. The molecule has 3 rings (SSSR count). The molecule has 5 nitrogen and oxygen atoms in total. The molecule has 0 unspecified atom stereocenters. The van der Waals surface area contributed by atoms with Crippen molar-refractivity contribution in [3.8, 4) is 5.75 Å². The maximum atomic E-state index is 12.9. The molecule has 0 N–H and O–H groups in total. The molecule has 2 aliphatic heterocycles. The quantitative estimate of drug-likeness (QED) is 0.789. The molecule has 0 amide bonds. The van der Waals surface area contributed by atoms with E-state index in [1.54, 1.807) is 35.7 Å². The van der Waals surface area contributed by atoms with Crippen LogP contribution in [0.1, 0.15) is 26.7 Å². The molecule has 0 spiro atoms. The Labute approximate surface area is 145 Å². The second kappa shape index (κ2) is 7.02. The molecule has 0 bridgehead atoms. The molecule has 2 fully saturated rings. The molecule has 2 atom stereocenters. The smallest absolute Gasteiger partial charge is 0.243 e. The third-order valence-corrected chi connectivity index (χ3v) is 7.13. The van der Waals surface area contributed by atoms with E-state index in [2.05, 4.69) is 18.7 Å². The van der Waals surface area contributed by atoms with Crippen LogP contribution in [-0.2, 0) is 10.0 Å². The zero-order valence-electron chi connectivity index (χ0n) is 14.8. The molecule has 0 saturated carbocycles. The fourth-order valence-electron chi connectivity index (χ4n) is 3.76. The topological polar surface area (TPSA) is 49.9 Å². The maximum absolute atomic E-state index is 12.9. The van der Waals surface area contributed by atoms with Gasteiger partial charge in [0.1, 0.15) is 5.75 Å². The Morgan fingerprint density at radius 1 is 1.29 bits per heavy atom. The van der Waals surface area contributed by atoms with Crippen LogP contribution in [0.5, 0.6) is 5.75 Å². The molecule has 6 heteroatoms. The fourth-order valence-corrected chi connectivity index (χ4v) is 5.30. The second-order valence-electron chi connectivity index (χ2n) is 7.34. The zero-order valence-corrected chi connectivity index (χ0v) is 15.6. The van der Waals surface area contributed by atoms with E-state index in [0.717, 1.165) is 25.4 Å². The Bertz CT molecular complexity index is 675. The molecule has 24 heavy (non-hydrogen) atoms. The van der Waals surface area contributed by atoms with Crippen molar-refractivity contribution in [2.45, 2.75) is 37.6 Å².